The molecule has 2 aliphatic heterocycles. The fourth-order valence-corrected chi connectivity index (χ4v) is 7.74. The standard InChI is InChI=1S/C38H42N2S/c1-37(2)29-17-8-10-19-31(29)39(5)34(37)24-22-26-14-13-15-27(36(26)28-16-7-12-21-33(28)41)23-25-35-38(3,4)30-18-9-11-20-32(30)40(35)6/h7-12,16-25,34,41H,13-15H2,1-6H3. The number of benzene rings is 3. The molecule has 0 fully saturated rings. The number of anilines is 2. The summed E-state index contributed by atoms with van der Waals surface area (Å²) in [5.41, 5.74) is 12.2. The van der Waals surface area contributed by atoms with E-state index in [1.54, 1.807) is 0 Å². The van der Waals surface area contributed by atoms with Crippen molar-refractivity contribution in [1.29, 1.82) is 0 Å². The topological polar surface area (TPSA) is 6.48 Å². The number of allylic oxidation sites excluding steroid dienone is 7. The molecule has 2 heterocycles. The maximum absolute atomic E-state index is 4.93. The van der Waals surface area contributed by atoms with Crippen molar-refractivity contribution in [2.75, 3.05) is 23.9 Å². The highest BCUT2D eigenvalue weighted by Crippen LogP contribution is 2.48. The third kappa shape index (κ3) is 4.59. The van der Waals surface area contributed by atoms with Crippen LogP contribution in [-0.2, 0) is 10.8 Å². The lowest BCUT2D eigenvalue weighted by Gasteiger charge is -2.30. The number of hydrogen-bond donors (Lipinski definition) is 1. The van der Waals surface area contributed by atoms with Crippen LogP contribution in [-0.4, -0.2) is 20.1 Å². The van der Waals surface area contributed by atoms with E-state index in [1.807, 2.05) is 0 Å². The zero-order valence-electron chi connectivity index (χ0n) is 25.3. The molecular weight excluding hydrogens is 516 g/mol. The second kappa shape index (κ2) is 10.4. The molecule has 2 nitrogen and oxygen atoms in total. The molecule has 0 saturated carbocycles. The van der Waals surface area contributed by atoms with Gasteiger partial charge in [0.2, 0.25) is 0 Å². The summed E-state index contributed by atoms with van der Waals surface area (Å²) in [6.07, 6.45) is 12.9. The molecule has 3 heteroatoms. The maximum atomic E-state index is 4.93. The van der Waals surface area contributed by atoms with E-state index < -0.39 is 0 Å². The summed E-state index contributed by atoms with van der Waals surface area (Å²) >= 11 is 4.93. The van der Waals surface area contributed by atoms with Gasteiger partial charge < -0.3 is 9.80 Å². The fourth-order valence-electron chi connectivity index (χ4n) is 7.47. The first-order valence-corrected chi connectivity index (χ1v) is 15.3. The van der Waals surface area contributed by atoms with Gasteiger partial charge >= 0.3 is 0 Å². The molecule has 41 heavy (non-hydrogen) atoms. The minimum absolute atomic E-state index is 0.0371. The van der Waals surface area contributed by atoms with E-state index in [2.05, 4.69) is 149 Å². The zero-order chi connectivity index (χ0) is 28.9. The molecule has 3 aromatic rings. The highest BCUT2D eigenvalue weighted by molar-refractivity contribution is 7.80. The average Bonchev–Trinajstić information content (AvgIpc) is 3.28. The molecule has 1 aliphatic carbocycles. The van der Waals surface area contributed by atoms with Crippen molar-refractivity contribution in [2.24, 2.45) is 0 Å². The first-order chi connectivity index (χ1) is 19.6. The molecule has 0 amide bonds. The number of nitrogens with zero attached hydrogens (tertiary/aromatic N) is 2. The van der Waals surface area contributed by atoms with E-state index in [0.29, 0.717) is 6.04 Å². The number of hydrogen-bond acceptors (Lipinski definition) is 3. The Balaban J connectivity index is 1.44. The first-order valence-electron chi connectivity index (χ1n) is 14.9. The molecule has 0 N–H and O–H groups in total. The molecule has 0 radical (unpaired) electrons. The Hall–Kier alpha value is -3.43. The van der Waals surface area contributed by atoms with Crippen LogP contribution in [0.4, 0.5) is 11.4 Å². The van der Waals surface area contributed by atoms with Crippen molar-refractivity contribution in [2.45, 2.75) is 68.7 Å². The number of likely N-dealkylation sites (N-methyl/N-ethyl adjacent to an activating group) is 2. The van der Waals surface area contributed by atoms with Gasteiger partial charge in [-0.3, -0.25) is 0 Å². The van der Waals surface area contributed by atoms with Crippen molar-refractivity contribution in [3.8, 4) is 0 Å². The first kappa shape index (κ1) is 27.7. The van der Waals surface area contributed by atoms with Crippen LogP contribution in [0.15, 0.2) is 119 Å². The molecule has 0 bridgehead atoms. The van der Waals surface area contributed by atoms with E-state index in [1.165, 1.54) is 50.5 Å². The monoisotopic (exact) mass is 558 g/mol. The molecule has 0 saturated heterocycles. The van der Waals surface area contributed by atoms with Crippen molar-refractivity contribution in [3.05, 3.63) is 131 Å². The van der Waals surface area contributed by atoms with E-state index in [4.69, 9.17) is 12.6 Å². The summed E-state index contributed by atoms with van der Waals surface area (Å²) in [6, 6.07) is 26.5. The Morgan fingerprint density at radius 2 is 1.44 bits per heavy atom. The van der Waals surface area contributed by atoms with Crippen molar-refractivity contribution < 1.29 is 0 Å². The molecule has 3 aromatic carbocycles. The smallest absolute Gasteiger partial charge is 0.0565 e. The Labute approximate surface area is 252 Å². The second-order valence-electron chi connectivity index (χ2n) is 12.9. The number of fused-ring (bicyclic) bond motifs is 2. The Morgan fingerprint density at radius 1 is 0.780 bits per heavy atom. The van der Waals surface area contributed by atoms with Gasteiger partial charge in [-0.25, -0.2) is 0 Å². The highest BCUT2D eigenvalue weighted by Gasteiger charge is 2.41. The quantitative estimate of drug-likeness (QED) is 0.319. The van der Waals surface area contributed by atoms with Crippen LogP contribution < -0.4 is 9.80 Å². The molecule has 6 rings (SSSR count). The molecule has 0 aromatic heterocycles. The van der Waals surface area contributed by atoms with Crippen molar-refractivity contribution in [3.63, 3.8) is 0 Å². The Bertz CT molecular complexity index is 1620. The predicted molar refractivity (Wildman–Crippen MR) is 179 cm³/mol. The van der Waals surface area contributed by atoms with Crippen LogP contribution in [0.25, 0.3) is 5.57 Å². The summed E-state index contributed by atoms with van der Waals surface area (Å²) < 4.78 is 0. The fraction of sp³-hybridized carbons (Fsp3) is 0.316. The third-order valence-electron chi connectivity index (χ3n) is 9.71. The lowest BCUT2D eigenvalue weighted by Crippen LogP contribution is -2.37. The Kier molecular flexibility index (Phi) is 7.06. The lowest BCUT2D eigenvalue weighted by molar-refractivity contribution is 0.487. The van der Waals surface area contributed by atoms with Gasteiger partial charge in [0.15, 0.2) is 0 Å². The molecule has 210 valence electrons. The zero-order valence-corrected chi connectivity index (χ0v) is 26.2. The van der Waals surface area contributed by atoms with Crippen molar-refractivity contribution >= 4 is 29.6 Å². The van der Waals surface area contributed by atoms with E-state index >= 15 is 0 Å². The maximum Gasteiger partial charge on any atom is 0.0565 e. The third-order valence-corrected chi connectivity index (χ3v) is 10.1. The van der Waals surface area contributed by atoms with E-state index in [-0.39, 0.29) is 10.8 Å². The molecular formula is C38H42N2S. The SMILES string of the molecule is CN1C(=CC=C2CCCC(C=CC3N(C)c4ccccc4C3(C)C)=C2c2ccccc2S)C(C)(C)c2ccccc21. The minimum Gasteiger partial charge on any atom is -0.367 e. The van der Waals surface area contributed by atoms with Gasteiger partial charge in [-0.1, -0.05) is 101 Å². The minimum atomic E-state index is -0.0429. The van der Waals surface area contributed by atoms with Gasteiger partial charge in [0.1, 0.15) is 0 Å². The summed E-state index contributed by atoms with van der Waals surface area (Å²) in [7, 11) is 4.43. The van der Waals surface area contributed by atoms with Gasteiger partial charge in [0, 0.05) is 46.9 Å². The molecule has 0 spiro atoms. The van der Waals surface area contributed by atoms with Crippen LogP contribution >= 0.6 is 12.6 Å². The summed E-state index contributed by atoms with van der Waals surface area (Å²) in [4.78, 5) is 5.84. The second-order valence-corrected chi connectivity index (χ2v) is 13.4. The average molecular weight is 559 g/mol. The van der Waals surface area contributed by atoms with E-state index in [9.17, 15) is 0 Å². The van der Waals surface area contributed by atoms with Crippen LogP contribution in [0.1, 0.15) is 63.6 Å². The van der Waals surface area contributed by atoms with Gasteiger partial charge in [-0.2, -0.15) is 0 Å². The van der Waals surface area contributed by atoms with Gasteiger partial charge in [-0.05, 0) is 76.9 Å². The van der Waals surface area contributed by atoms with Gasteiger partial charge in [0.05, 0.1) is 6.04 Å². The Morgan fingerprint density at radius 3 is 2.15 bits per heavy atom. The van der Waals surface area contributed by atoms with Gasteiger partial charge in [-0.15, -0.1) is 12.6 Å². The van der Waals surface area contributed by atoms with Crippen LogP contribution in [0.5, 0.6) is 0 Å². The van der Waals surface area contributed by atoms with Crippen LogP contribution in [0, 0.1) is 0 Å². The highest BCUT2D eigenvalue weighted by atomic mass is 32.1. The van der Waals surface area contributed by atoms with Gasteiger partial charge in [0.25, 0.3) is 0 Å². The predicted octanol–water partition coefficient (Wildman–Crippen LogP) is 9.50. The molecule has 3 aliphatic rings. The normalized spacial score (nSPS) is 23.1. The van der Waals surface area contributed by atoms with Crippen LogP contribution in [0.3, 0.4) is 0 Å². The summed E-state index contributed by atoms with van der Waals surface area (Å²) in [5.74, 6) is 0. The number of rotatable bonds is 4. The molecule has 1 unspecified atom stereocenters. The van der Waals surface area contributed by atoms with Crippen LogP contribution in [0.2, 0.25) is 0 Å². The van der Waals surface area contributed by atoms with E-state index in [0.717, 1.165) is 24.2 Å². The summed E-state index contributed by atoms with van der Waals surface area (Å²) in [6.45, 7) is 9.43. The largest absolute Gasteiger partial charge is 0.367 e. The number of thiol groups is 1. The summed E-state index contributed by atoms with van der Waals surface area (Å²) in [5, 5.41) is 0. The molecule has 1 atom stereocenters. The van der Waals surface area contributed by atoms with Crippen molar-refractivity contribution in [1.82, 2.24) is 0 Å². The lowest BCUT2D eigenvalue weighted by atomic mass is 9.79. The number of para-hydroxylation sites is 2.